The van der Waals surface area contributed by atoms with Gasteiger partial charge in [0.1, 0.15) is 24.9 Å². The molecule has 0 spiro atoms. The number of ether oxygens (including phenoxy) is 1. The van der Waals surface area contributed by atoms with Crippen LogP contribution in [0.25, 0.3) is 0 Å². The molecule has 10 nitrogen and oxygen atoms in total. The molecule has 2 aliphatic rings. The van der Waals surface area contributed by atoms with Crippen LogP contribution in [0.3, 0.4) is 0 Å². The minimum atomic E-state index is -1.06. The number of hydrogen-bond acceptors (Lipinski definition) is 6. The third kappa shape index (κ3) is 2.97. The molecule has 10 heteroatoms. The van der Waals surface area contributed by atoms with Crippen molar-refractivity contribution < 1.29 is 29.1 Å². The lowest BCUT2D eigenvalue weighted by Crippen LogP contribution is -2.39. The molecule has 28 heavy (non-hydrogen) atoms. The number of benzene rings is 1. The van der Waals surface area contributed by atoms with Crippen molar-refractivity contribution in [1.82, 2.24) is 19.7 Å². The van der Waals surface area contributed by atoms with E-state index >= 15 is 0 Å². The molecule has 2 bridgehead atoms. The lowest BCUT2D eigenvalue weighted by Gasteiger charge is -2.27. The predicted molar refractivity (Wildman–Crippen MR) is 92.5 cm³/mol. The van der Waals surface area contributed by atoms with Crippen LogP contribution in [0.5, 0.6) is 0 Å². The Balaban J connectivity index is 1.66. The van der Waals surface area contributed by atoms with Crippen LogP contribution in [0, 0.1) is 0 Å². The van der Waals surface area contributed by atoms with E-state index in [-0.39, 0.29) is 19.7 Å². The zero-order valence-electron chi connectivity index (χ0n) is 15.0. The molecule has 146 valence electrons. The van der Waals surface area contributed by atoms with E-state index in [1.807, 2.05) is 30.3 Å². The number of hydrogen-bond donors (Lipinski definition) is 1. The summed E-state index contributed by atoms with van der Waals surface area (Å²) in [6.07, 6.45) is 1.54. The van der Waals surface area contributed by atoms with E-state index in [9.17, 15) is 14.4 Å². The van der Waals surface area contributed by atoms with Crippen LogP contribution >= 0.6 is 0 Å². The molecule has 1 aromatic carbocycles. The van der Waals surface area contributed by atoms with Crippen LogP contribution in [0.2, 0.25) is 0 Å². The molecule has 0 aliphatic carbocycles. The molecule has 4 rings (SSSR count). The van der Waals surface area contributed by atoms with Crippen LogP contribution in [0.1, 0.15) is 28.9 Å². The summed E-state index contributed by atoms with van der Waals surface area (Å²) in [6, 6.07) is 7.38. The van der Waals surface area contributed by atoms with Gasteiger partial charge in [-0.1, -0.05) is 30.3 Å². The number of aliphatic carboxylic acids is 1. The van der Waals surface area contributed by atoms with Gasteiger partial charge in [0.15, 0.2) is 6.04 Å². The molecule has 0 radical (unpaired) electrons. The summed E-state index contributed by atoms with van der Waals surface area (Å²) < 4.78 is 6.08. The van der Waals surface area contributed by atoms with E-state index in [4.69, 9.17) is 14.7 Å². The van der Waals surface area contributed by atoms with Crippen LogP contribution in [0.15, 0.2) is 36.5 Å². The van der Waals surface area contributed by atoms with Gasteiger partial charge < -0.3 is 14.7 Å². The van der Waals surface area contributed by atoms with Crippen molar-refractivity contribution in [2.45, 2.75) is 25.2 Å². The van der Waals surface area contributed by atoms with Crippen molar-refractivity contribution in [2.24, 2.45) is 0 Å². The Morgan fingerprint density at radius 1 is 1.29 bits per heavy atom. The number of esters is 1. The number of hydroxylamine groups is 2. The highest BCUT2D eigenvalue weighted by Crippen LogP contribution is 2.43. The number of carboxylic acid groups (broad SMARTS) is 1. The van der Waals surface area contributed by atoms with E-state index in [2.05, 4.69) is 5.10 Å². The quantitative estimate of drug-likeness (QED) is 0.740. The van der Waals surface area contributed by atoms with Crippen LogP contribution in [-0.4, -0.2) is 56.5 Å². The highest BCUT2D eigenvalue weighted by Gasteiger charge is 2.53. The zero-order valence-corrected chi connectivity index (χ0v) is 15.0. The Morgan fingerprint density at radius 3 is 2.71 bits per heavy atom. The Hall–Kier alpha value is -3.40. The van der Waals surface area contributed by atoms with Crippen molar-refractivity contribution >= 4 is 18.0 Å². The fourth-order valence-electron chi connectivity index (χ4n) is 3.54. The summed E-state index contributed by atoms with van der Waals surface area (Å²) in [5.74, 6) is -1.70. The lowest BCUT2D eigenvalue weighted by molar-refractivity contribution is -0.146. The van der Waals surface area contributed by atoms with E-state index in [1.165, 1.54) is 21.8 Å². The maximum Gasteiger partial charge on any atom is 0.345 e. The third-order valence-corrected chi connectivity index (χ3v) is 4.77. The Morgan fingerprint density at radius 2 is 2.04 bits per heavy atom. The van der Waals surface area contributed by atoms with Gasteiger partial charge in [-0.2, -0.15) is 10.2 Å². The normalized spacial score (nSPS) is 20.2. The number of nitrogens with zero attached hydrogens (tertiary/aromatic N) is 4. The minimum Gasteiger partial charge on any atom is -0.480 e. The number of fused-ring (bicyclic) bond motifs is 4. The van der Waals surface area contributed by atoms with Crippen LogP contribution in [0.4, 0.5) is 4.79 Å². The Kier molecular flexibility index (Phi) is 4.47. The summed E-state index contributed by atoms with van der Waals surface area (Å²) in [6.45, 7) is 0.0456. The second-order valence-corrected chi connectivity index (χ2v) is 6.52. The van der Waals surface area contributed by atoms with Gasteiger partial charge in [-0.25, -0.2) is 9.59 Å². The van der Waals surface area contributed by atoms with Gasteiger partial charge in [0, 0.05) is 11.8 Å². The second kappa shape index (κ2) is 6.97. The molecule has 3 heterocycles. The van der Waals surface area contributed by atoms with Crippen LogP contribution in [-0.2, 0) is 32.3 Å². The highest BCUT2D eigenvalue weighted by molar-refractivity contribution is 5.87. The fourth-order valence-corrected chi connectivity index (χ4v) is 3.54. The van der Waals surface area contributed by atoms with Crippen molar-refractivity contribution in [1.29, 1.82) is 0 Å². The minimum absolute atomic E-state index is 0.179. The number of carbonyl (C=O) groups is 3. The molecule has 2 unspecified atom stereocenters. The fraction of sp³-hybridized carbons (Fsp3) is 0.333. The monoisotopic (exact) mass is 386 g/mol. The summed E-state index contributed by atoms with van der Waals surface area (Å²) in [7, 11) is 1.23. The number of carboxylic acids is 1. The molecular weight excluding hydrogens is 368 g/mol. The van der Waals surface area contributed by atoms with Gasteiger partial charge in [-0.05, 0) is 5.56 Å². The largest absolute Gasteiger partial charge is 0.480 e. The number of rotatable bonds is 6. The molecule has 1 saturated heterocycles. The third-order valence-electron chi connectivity index (χ3n) is 4.77. The first-order valence-electron chi connectivity index (χ1n) is 8.63. The first kappa shape index (κ1) is 18.0. The molecule has 2 aromatic rings. The van der Waals surface area contributed by atoms with Crippen LogP contribution < -0.4 is 0 Å². The van der Waals surface area contributed by atoms with Crippen molar-refractivity contribution in [2.75, 3.05) is 13.7 Å². The van der Waals surface area contributed by atoms with Gasteiger partial charge in [-0.3, -0.25) is 14.3 Å². The van der Waals surface area contributed by atoms with Gasteiger partial charge in [0.2, 0.25) is 0 Å². The number of aromatic nitrogens is 2. The number of urea groups is 1. The average Bonchev–Trinajstić information content (AvgIpc) is 3.21. The molecule has 1 fully saturated rings. The summed E-state index contributed by atoms with van der Waals surface area (Å²) in [4.78, 5) is 43.3. The Labute approximate surface area is 159 Å². The smallest absolute Gasteiger partial charge is 0.345 e. The van der Waals surface area contributed by atoms with Crippen molar-refractivity contribution in [3.8, 4) is 0 Å². The van der Waals surface area contributed by atoms with E-state index in [0.29, 0.717) is 11.3 Å². The first-order valence-corrected chi connectivity index (χ1v) is 8.63. The van der Waals surface area contributed by atoms with Gasteiger partial charge in [-0.15, -0.1) is 0 Å². The topological polar surface area (TPSA) is 114 Å². The maximum absolute atomic E-state index is 12.9. The van der Waals surface area contributed by atoms with Crippen molar-refractivity contribution in [3.63, 3.8) is 0 Å². The summed E-state index contributed by atoms with van der Waals surface area (Å²) >= 11 is 0. The number of carbonyl (C=O) groups excluding carboxylic acids is 2. The highest BCUT2D eigenvalue weighted by atomic mass is 16.7. The van der Waals surface area contributed by atoms with E-state index in [1.54, 1.807) is 6.20 Å². The van der Waals surface area contributed by atoms with E-state index < -0.39 is 30.1 Å². The molecule has 2 amide bonds. The summed E-state index contributed by atoms with van der Waals surface area (Å²) in [5.41, 5.74) is 1.77. The second-order valence-electron chi connectivity index (χ2n) is 6.52. The lowest BCUT2D eigenvalue weighted by atomic mass is 9.98. The Bertz CT molecular complexity index is 927. The number of methoxy groups -OCH3 is 1. The molecular formula is C18H18N4O6. The van der Waals surface area contributed by atoms with Gasteiger partial charge in [0.25, 0.3) is 0 Å². The molecule has 2 atom stereocenters. The average molecular weight is 386 g/mol. The zero-order chi connectivity index (χ0) is 19.8. The molecule has 1 N–H and O–H groups in total. The molecule has 0 saturated carbocycles. The van der Waals surface area contributed by atoms with Gasteiger partial charge in [0.05, 0.1) is 13.7 Å². The van der Waals surface area contributed by atoms with E-state index in [0.717, 1.165) is 5.56 Å². The van der Waals surface area contributed by atoms with Crippen molar-refractivity contribution in [3.05, 3.63) is 53.3 Å². The SMILES string of the molecule is COC(=O)C1c2nn(CC(=O)O)cc2C2CN1C(=O)N2OCc1ccccc1. The molecule has 1 aromatic heterocycles. The standard InChI is InChI=1S/C18H18N4O6/c1-27-17(25)16-15-12(7-20(19-15)9-14(23)24)13-8-21(16)18(26)22(13)28-10-11-5-3-2-4-6-11/h2-7,13,16H,8-10H2,1H3,(H,23,24). The molecule has 2 aliphatic heterocycles. The number of amides is 2. The van der Waals surface area contributed by atoms with Gasteiger partial charge >= 0.3 is 18.0 Å². The maximum atomic E-state index is 12.9. The predicted octanol–water partition coefficient (Wildman–Crippen LogP) is 1.11. The first-order chi connectivity index (χ1) is 13.5. The summed E-state index contributed by atoms with van der Waals surface area (Å²) in [5, 5.41) is 14.5.